The van der Waals surface area contributed by atoms with Gasteiger partial charge in [-0.25, -0.2) is 4.79 Å². The molecule has 0 aliphatic heterocycles. The number of nitrogens with one attached hydrogen (secondary N) is 1. The summed E-state index contributed by atoms with van der Waals surface area (Å²) in [5, 5.41) is 26.9. The largest absolute Gasteiger partial charge is 0.480 e. The highest BCUT2D eigenvalue weighted by molar-refractivity contribution is 5.96. The first-order valence-corrected chi connectivity index (χ1v) is 13.3. The first-order chi connectivity index (χ1) is 17.4. The number of fused-ring (bicyclic) bond motifs is 5. The zero-order valence-electron chi connectivity index (χ0n) is 21.8. The second-order valence-corrected chi connectivity index (χ2v) is 11.8. The second kappa shape index (κ2) is 10.1. The predicted molar refractivity (Wildman–Crippen MR) is 137 cm³/mol. The third-order valence-electron chi connectivity index (χ3n) is 10.1. The molecule has 5 N–H and O–H groups in total. The predicted octanol–water partition coefficient (Wildman–Crippen LogP) is 2.52. The molecule has 37 heavy (non-hydrogen) atoms. The maximum absolute atomic E-state index is 12.1. The molecule has 0 aromatic carbocycles. The van der Waals surface area contributed by atoms with Gasteiger partial charge in [-0.15, -0.1) is 6.42 Å². The van der Waals surface area contributed by atoms with Gasteiger partial charge in [-0.2, -0.15) is 0 Å². The van der Waals surface area contributed by atoms with E-state index in [1.165, 1.54) is 5.57 Å². The maximum atomic E-state index is 12.1. The minimum absolute atomic E-state index is 0.0760. The molecule has 3 fully saturated rings. The van der Waals surface area contributed by atoms with Gasteiger partial charge in [0.25, 0.3) is 5.91 Å². The van der Waals surface area contributed by atoms with Crippen LogP contribution in [-0.4, -0.2) is 52.0 Å². The van der Waals surface area contributed by atoms with Crippen LogP contribution < -0.4 is 11.1 Å². The third-order valence-corrected chi connectivity index (χ3v) is 10.1. The van der Waals surface area contributed by atoms with Gasteiger partial charge in [-0.05, 0) is 87.0 Å². The molecule has 0 aromatic rings. The fourth-order valence-corrected chi connectivity index (χ4v) is 7.85. The quantitative estimate of drug-likeness (QED) is 0.289. The number of amides is 2. The van der Waals surface area contributed by atoms with Gasteiger partial charge < -0.3 is 26.1 Å². The van der Waals surface area contributed by atoms with Crippen molar-refractivity contribution in [3.63, 3.8) is 0 Å². The fraction of sp³-hybridized carbons (Fsp3) is 0.714. The number of carboxylic acids is 1. The zero-order chi connectivity index (χ0) is 27.0. The summed E-state index contributed by atoms with van der Waals surface area (Å²) in [4.78, 5) is 39.6. The topological polar surface area (TPSA) is 151 Å². The number of carbonyl (C=O) groups excluding carboxylic acids is 2. The average Bonchev–Trinajstić information content (AvgIpc) is 3.12. The summed E-state index contributed by atoms with van der Waals surface area (Å²) in [5.74, 6) is 1.80. The van der Waals surface area contributed by atoms with Crippen LogP contribution in [0.3, 0.4) is 0 Å². The molecule has 0 heterocycles. The normalized spacial score (nSPS) is 38.3. The molecule has 202 valence electrons. The van der Waals surface area contributed by atoms with Crippen LogP contribution in [0.25, 0.3) is 0 Å². The molecule has 3 saturated carbocycles. The van der Waals surface area contributed by atoms with Crippen LogP contribution in [0.4, 0.5) is 0 Å². The Labute approximate surface area is 218 Å². The standard InChI is InChI=1S/C28H39N3O6/c1-4-28(36)14-11-21-19-6-5-17-15-18(9-12-26(17,2)20(19)10-13-27(21,28)3)31-37-16-24(33)30-22(25(34)35)7-8-23(29)32/h1,15,19-22,36H,5-14,16H2,2-3H3,(H2,29,32)(H,30,33)(H,34,35)/b31-18-/t19-,20+,21+,22-,26+,27+,28-/m1/s1. The van der Waals surface area contributed by atoms with E-state index in [-0.39, 0.29) is 23.7 Å². The van der Waals surface area contributed by atoms with Crippen molar-refractivity contribution >= 4 is 23.5 Å². The van der Waals surface area contributed by atoms with E-state index in [2.05, 4.69) is 36.3 Å². The van der Waals surface area contributed by atoms with Gasteiger partial charge in [-0.1, -0.05) is 30.5 Å². The molecular formula is C28H39N3O6. The molecule has 9 nitrogen and oxygen atoms in total. The van der Waals surface area contributed by atoms with Crippen molar-refractivity contribution in [2.45, 2.75) is 89.7 Å². The molecule has 0 spiro atoms. The molecule has 4 aliphatic rings. The van der Waals surface area contributed by atoms with Crippen LogP contribution in [-0.2, 0) is 19.2 Å². The second-order valence-electron chi connectivity index (χ2n) is 11.8. The Morgan fingerprint density at radius 3 is 2.62 bits per heavy atom. The van der Waals surface area contributed by atoms with Crippen molar-refractivity contribution in [2.24, 2.45) is 39.5 Å². The summed E-state index contributed by atoms with van der Waals surface area (Å²) in [6, 6.07) is -1.21. The molecule has 0 saturated heterocycles. The monoisotopic (exact) mass is 513 g/mol. The van der Waals surface area contributed by atoms with Gasteiger partial charge in [0.2, 0.25) is 5.91 Å². The summed E-state index contributed by atoms with van der Waals surface area (Å²) in [7, 11) is 0. The summed E-state index contributed by atoms with van der Waals surface area (Å²) in [6.45, 7) is 4.15. The summed E-state index contributed by atoms with van der Waals surface area (Å²) in [5.41, 5.74) is 6.08. The van der Waals surface area contributed by atoms with E-state index in [0.717, 1.165) is 50.7 Å². The number of aliphatic hydroxyl groups is 1. The third kappa shape index (κ3) is 4.88. The molecule has 0 bridgehead atoms. The number of aliphatic carboxylic acids is 1. The first-order valence-electron chi connectivity index (χ1n) is 13.3. The van der Waals surface area contributed by atoms with Crippen molar-refractivity contribution < 1.29 is 29.4 Å². The fourth-order valence-electron chi connectivity index (χ4n) is 7.85. The average molecular weight is 514 g/mol. The van der Waals surface area contributed by atoms with E-state index >= 15 is 0 Å². The Bertz CT molecular complexity index is 1060. The molecule has 2 amide bonds. The Balaban J connectivity index is 1.37. The molecule has 0 aromatic heterocycles. The van der Waals surface area contributed by atoms with E-state index in [4.69, 9.17) is 17.0 Å². The van der Waals surface area contributed by atoms with Crippen molar-refractivity contribution in [1.29, 1.82) is 0 Å². The molecule has 0 radical (unpaired) electrons. The number of nitrogens with zero attached hydrogens (tertiary/aromatic N) is 1. The highest BCUT2D eigenvalue weighted by atomic mass is 16.6. The SMILES string of the molecule is C#C[C@@]1(O)CC[C@H]2[C@@H]3CCC4=C/C(=N\OCC(=O)N[C@H](CCC(N)=O)C(=O)O)CC[C@]4(C)[C@H]3CC[C@@]21C. The van der Waals surface area contributed by atoms with Gasteiger partial charge in [-0.3, -0.25) is 9.59 Å². The highest BCUT2D eigenvalue weighted by Crippen LogP contribution is 2.67. The van der Waals surface area contributed by atoms with Crippen LogP contribution in [0.2, 0.25) is 0 Å². The van der Waals surface area contributed by atoms with E-state index < -0.39 is 36.0 Å². The Morgan fingerprint density at radius 1 is 1.22 bits per heavy atom. The van der Waals surface area contributed by atoms with Gasteiger partial charge in [0.1, 0.15) is 11.6 Å². The van der Waals surface area contributed by atoms with Gasteiger partial charge in [0.15, 0.2) is 6.61 Å². The molecular weight excluding hydrogens is 474 g/mol. The lowest BCUT2D eigenvalue weighted by Gasteiger charge is -2.58. The molecule has 7 atom stereocenters. The lowest BCUT2D eigenvalue weighted by atomic mass is 9.46. The number of carbonyl (C=O) groups is 3. The number of rotatable bonds is 8. The van der Waals surface area contributed by atoms with E-state index in [9.17, 15) is 24.6 Å². The summed E-state index contributed by atoms with van der Waals surface area (Å²) in [6.07, 6.45) is 15.1. The van der Waals surface area contributed by atoms with E-state index in [0.29, 0.717) is 24.2 Å². The number of primary amides is 1. The molecule has 4 aliphatic carbocycles. The van der Waals surface area contributed by atoms with Crippen molar-refractivity contribution in [3.8, 4) is 12.3 Å². The summed E-state index contributed by atoms with van der Waals surface area (Å²) >= 11 is 0. The van der Waals surface area contributed by atoms with Crippen LogP contribution in [0.5, 0.6) is 0 Å². The molecule has 0 unspecified atom stereocenters. The van der Waals surface area contributed by atoms with Gasteiger partial charge >= 0.3 is 5.97 Å². The van der Waals surface area contributed by atoms with Crippen molar-refractivity contribution in [2.75, 3.05) is 6.61 Å². The van der Waals surface area contributed by atoms with Crippen LogP contribution in [0, 0.1) is 40.9 Å². The minimum Gasteiger partial charge on any atom is -0.480 e. The number of nitrogens with two attached hydrogens (primary N) is 1. The van der Waals surface area contributed by atoms with Crippen molar-refractivity contribution in [3.05, 3.63) is 11.6 Å². The Morgan fingerprint density at radius 2 is 1.95 bits per heavy atom. The van der Waals surface area contributed by atoms with Crippen LogP contribution in [0.15, 0.2) is 16.8 Å². The number of hydrogen-bond acceptors (Lipinski definition) is 6. The van der Waals surface area contributed by atoms with Gasteiger partial charge in [0, 0.05) is 11.8 Å². The Kier molecular flexibility index (Phi) is 7.44. The molecule has 4 rings (SSSR count). The minimum atomic E-state index is -1.24. The van der Waals surface area contributed by atoms with Crippen molar-refractivity contribution in [1.82, 2.24) is 5.32 Å². The number of carboxylic acid groups (broad SMARTS) is 1. The van der Waals surface area contributed by atoms with E-state index in [1.807, 2.05) is 0 Å². The first kappa shape index (κ1) is 27.2. The molecule has 9 heteroatoms. The number of hydrogen-bond donors (Lipinski definition) is 4. The number of oxime groups is 1. The van der Waals surface area contributed by atoms with E-state index in [1.54, 1.807) is 0 Å². The lowest BCUT2D eigenvalue weighted by molar-refractivity contribution is -0.142. The number of terminal acetylenes is 1. The van der Waals surface area contributed by atoms with Gasteiger partial charge in [0.05, 0.1) is 5.71 Å². The lowest BCUT2D eigenvalue weighted by Crippen LogP contribution is -2.54. The Hall–Kier alpha value is -2.86. The van der Waals surface area contributed by atoms with Crippen LogP contribution >= 0.6 is 0 Å². The smallest absolute Gasteiger partial charge is 0.326 e. The zero-order valence-corrected chi connectivity index (χ0v) is 21.8. The van der Waals surface area contributed by atoms with Crippen LogP contribution in [0.1, 0.15) is 78.1 Å². The maximum Gasteiger partial charge on any atom is 0.326 e. The summed E-state index contributed by atoms with van der Waals surface area (Å²) < 4.78 is 0. The number of allylic oxidation sites excluding steroid dienone is 2. The highest BCUT2D eigenvalue weighted by Gasteiger charge is 2.63.